The van der Waals surface area contributed by atoms with E-state index >= 15 is 0 Å². The van der Waals surface area contributed by atoms with Crippen LogP contribution in [0.15, 0.2) is 0 Å². The van der Waals surface area contributed by atoms with E-state index in [0.29, 0.717) is 12.0 Å². The van der Waals surface area contributed by atoms with E-state index in [1.807, 2.05) is 0 Å². The molecule has 1 saturated heterocycles. The van der Waals surface area contributed by atoms with Crippen LogP contribution in [-0.4, -0.2) is 47.8 Å². The Labute approximate surface area is 125 Å². The Hall–Kier alpha value is -0.120. The van der Waals surface area contributed by atoms with Crippen LogP contribution in [-0.2, 0) is 0 Å². The minimum absolute atomic E-state index is 0.437. The summed E-state index contributed by atoms with van der Waals surface area (Å²) < 4.78 is 0. The van der Waals surface area contributed by atoms with Crippen molar-refractivity contribution in [2.45, 2.75) is 76.9 Å². The first kappa shape index (κ1) is 16.3. The quantitative estimate of drug-likeness (QED) is 0.814. The van der Waals surface area contributed by atoms with Gasteiger partial charge in [-0.1, -0.05) is 26.7 Å². The van der Waals surface area contributed by atoms with Gasteiger partial charge < -0.3 is 15.3 Å². The maximum atomic E-state index is 10.7. The normalized spacial score (nSPS) is 36.8. The van der Waals surface area contributed by atoms with Gasteiger partial charge in [-0.25, -0.2) is 0 Å². The van der Waals surface area contributed by atoms with Crippen LogP contribution in [0.25, 0.3) is 0 Å². The topological polar surface area (TPSA) is 35.5 Å². The molecule has 0 aromatic rings. The summed E-state index contributed by atoms with van der Waals surface area (Å²) in [6, 6.07) is 0.609. The highest BCUT2D eigenvalue weighted by atomic mass is 16.3. The Bertz CT molecular complexity index is 284. The number of nitrogens with zero attached hydrogens (tertiary/aromatic N) is 1. The number of rotatable bonds is 5. The first-order valence-corrected chi connectivity index (χ1v) is 8.79. The molecule has 2 rings (SSSR count). The second-order valence-electron chi connectivity index (χ2n) is 7.28. The smallest absolute Gasteiger partial charge is 0.0774 e. The molecule has 3 heteroatoms. The summed E-state index contributed by atoms with van der Waals surface area (Å²) in [5, 5.41) is 14.4. The molecule has 3 nitrogen and oxygen atoms in total. The third-order valence-corrected chi connectivity index (χ3v) is 5.15. The molecule has 0 aromatic carbocycles. The Morgan fingerprint density at radius 3 is 2.80 bits per heavy atom. The molecular weight excluding hydrogens is 248 g/mol. The zero-order valence-electron chi connectivity index (χ0n) is 13.5. The molecule has 0 radical (unpaired) electrons. The van der Waals surface area contributed by atoms with E-state index in [4.69, 9.17) is 0 Å². The van der Waals surface area contributed by atoms with Crippen LogP contribution in [0.2, 0.25) is 0 Å². The molecule has 3 unspecified atom stereocenters. The van der Waals surface area contributed by atoms with Crippen molar-refractivity contribution in [1.82, 2.24) is 10.2 Å². The zero-order chi connectivity index (χ0) is 14.4. The Morgan fingerprint density at radius 1 is 1.20 bits per heavy atom. The number of hydrogen-bond donors (Lipinski definition) is 2. The van der Waals surface area contributed by atoms with Gasteiger partial charge in [0, 0.05) is 12.6 Å². The van der Waals surface area contributed by atoms with E-state index in [1.54, 1.807) is 0 Å². The summed E-state index contributed by atoms with van der Waals surface area (Å²) in [6.45, 7) is 9.07. The number of hydrogen-bond acceptors (Lipinski definition) is 3. The van der Waals surface area contributed by atoms with Gasteiger partial charge in [-0.3, -0.25) is 0 Å². The van der Waals surface area contributed by atoms with Gasteiger partial charge >= 0.3 is 0 Å². The van der Waals surface area contributed by atoms with Crippen molar-refractivity contribution in [3.05, 3.63) is 0 Å². The fourth-order valence-electron chi connectivity index (χ4n) is 4.03. The van der Waals surface area contributed by atoms with Gasteiger partial charge in [-0.15, -0.1) is 0 Å². The summed E-state index contributed by atoms with van der Waals surface area (Å²) in [4.78, 5) is 2.60. The average molecular weight is 282 g/mol. The predicted molar refractivity (Wildman–Crippen MR) is 85.0 cm³/mol. The highest BCUT2D eigenvalue weighted by Crippen LogP contribution is 2.31. The van der Waals surface area contributed by atoms with Gasteiger partial charge in [0.15, 0.2) is 0 Å². The van der Waals surface area contributed by atoms with Gasteiger partial charge in [0.05, 0.1) is 5.60 Å². The Balaban J connectivity index is 1.73. The van der Waals surface area contributed by atoms with Crippen LogP contribution < -0.4 is 5.32 Å². The Kier molecular flexibility index (Phi) is 6.31. The van der Waals surface area contributed by atoms with E-state index in [-0.39, 0.29) is 0 Å². The second kappa shape index (κ2) is 7.77. The molecule has 1 heterocycles. The van der Waals surface area contributed by atoms with Crippen molar-refractivity contribution in [3.8, 4) is 0 Å². The predicted octanol–water partition coefficient (Wildman–Crippen LogP) is 2.78. The average Bonchev–Trinajstić information content (AvgIpc) is 2.62. The maximum Gasteiger partial charge on any atom is 0.0774 e. The molecule has 3 atom stereocenters. The summed E-state index contributed by atoms with van der Waals surface area (Å²) in [6.07, 6.45) is 9.51. The molecule has 1 aliphatic heterocycles. The molecular formula is C17H34N2O. The van der Waals surface area contributed by atoms with Crippen LogP contribution in [0.5, 0.6) is 0 Å². The summed E-state index contributed by atoms with van der Waals surface area (Å²) >= 11 is 0. The van der Waals surface area contributed by atoms with E-state index in [2.05, 4.69) is 24.1 Å². The summed E-state index contributed by atoms with van der Waals surface area (Å²) in [7, 11) is 0. The largest absolute Gasteiger partial charge is 0.389 e. The number of aliphatic hydroxyl groups is 1. The van der Waals surface area contributed by atoms with Crippen molar-refractivity contribution in [1.29, 1.82) is 0 Å². The lowest BCUT2D eigenvalue weighted by atomic mass is 9.79. The zero-order valence-corrected chi connectivity index (χ0v) is 13.5. The third kappa shape index (κ3) is 5.01. The van der Waals surface area contributed by atoms with Crippen LogP contribution in [0.1, 0.15) is 65.2 Å². The van der Waals surface area contributed by atoms with Gasteiger partial charge in [-0.05, 0) is 64.1 Å². The molecule has 0 spiro atoms. The molecule has 0 amide bonds. The van der Waals surface area contributed by atoms with Gasteiger partial charge in [-0.2, -0.15) is 0 Å². The molecule has 118 valence electrons. The van der Waals surface area contributed by atoms with Crippen LogP contribution in [0, 0.1) is 5.92 Å². The number of likely N-dealkylation sites (tertiary alicyclic amines) is 1. The molecule has 2 aliphatic rings. The molecule has 20 heavy (non-hydrogen) atoms. The van der Waals surface area contributed by atoms with Crippen molar-refractivity contribution in [2.24, 2.45) is 5.92 Å². The van der Waals surface area contributed by atoms with Crippen LogP contribution in [0.4, 0.5) is 0 Å². The van der Waals surface area contributed by atoms with Crippen molar-refractivity contribution < 1.29 is 5.11 Å². The summed E-state index contributed by atoms with van der Waals surface area (Å²) in [5.74, 6) is 0.685. The van der Waals surface area contributed by atoms with Crippen LogP contribution in [0.3, 0.4) is 0 Å². The molecule has 0 aromatic heterocycles. The lowest BCUT2D eigenvalue weighted by Crippen LogP contribution is -2.47. The minimum atomic E-state index is -0.437. The third-order valence-electron chi connectivity index (χ3n) is 5.15. The first-order chi connectivity index (χ1) is 9.61. The number of nitrogens with one attached hydrogen (secondary N) is 1. The minimum Gasteiger partial charge on any atom is -0.389 e. The SMILES string of the molecule is CCCN1CCCC(NCC2(O)CCCC(C)C2)CC1. The van der Waals surface area contributed by atoms with E-state index in [0.717, 1.165) is 19.4 Å². The lowest BCUT2D eigenvalue weighted by Gasteiger charge is -2.36. The Morgan fingerprint density at radius 2 is 2.05 bits per heavy atom. The lowest BCUT2D eigenvalue weighted by molar-refractivity contribution is -0.0140. The van der Waals surface area contributed by atoms with Gasteiger partial charge in [0.2, 0.25) is 0 Å². The fraction of sp³-hybridized carbons (Fsp3) is 1.00. The fourth-order valence-corrected chi connectivity index (χ4v) is 4.03. The monoisotopic (exact) mass is 282 g/mol. The van der Waals surface area contributed by atoms with Crippen molar-refractivity contribution in [3.63, 3.8) is 0 Å². The summed E-state index contributed by atoms with van der Waals surface area (Å²) in [5.41, 5.74) is -0.437. The van der Waals surface area contributed by atoms with E-state index in [9.17, 15) is 5.11 Å². The standard InChI is InChI=1S/C17H34N2O/c1-3-10-19-11-5-7-16(8-12-19)18-14-17(20)9-4-6-15(2)13-17/h15-16,18,20H,3-14H2,1-2H3. The second-order valence-corrected chi connectivity index (χ2v) is 7.28. The molecule has 1 saturated carbocycles. The maximum absolute atomic E-state index is 10.7. The highest BCUT2D eigenvalue weighted by Gasteiger charge is 2.33. The first-order valence-electron chi connectivity index (χ1n) is 8.79. The molecule has 1 aliphatic carbocycles. The molecule has 2 fully saturated rings. The highest BCUT2D eigenvalue weighted by molar-refractivity contribution is 4.88. The van der Waals surface area contributed by atoms with E-state index in [1.165, 1.54) is 58.2 Å². The van der Waals surface area contributed by atoms with Crippen molar-refractivity contribution >= 4 is 0 Å². The molecule has 2 N–H and O–H groups in total. The van der Waals surface area contributed by atoms with Crippen molar-refractivity contribution in [2.75, 3.05) is 26.2 Å². The van der Waals surface area contributed by atoms with Gasteiger partial charge in [0.25, 0.3) is 0 Å². The molecule has 0 bridgehead atoms. The van der Waals surface area contributed by atoms with Gasteiger partial charge in [0.1, 0.15) is 0 Å². The van der Waals surface area contributed by atoms with Crippen LogP contribution >= 0.6 is 0 Å². The van der Waals surface area contributed by atoms with E-state index < -0.39 is 5.60 Å².